The Balaban J connectivity index is 1.97. The number of benzene rings is 1. The average Bonchev–Trinajstić information content (AvgIpc) is 2.66. The Morgan fingerprint density at radius 2 is 1.90 bits per heavy atom. The summed E-state index contributed by atoms with van der Waals surface area (Å²) >= 11 is 0. The van der Waals surface area contributed by atoms with Gasteiger partial charge in [0.05, 0.1) is 19.1 Å². The maximum atomic E-state index is 12.3. The first-order valence-corrected chi connectivity index (χ1v) is 7.57. The minimum Gasteiger partial charge on any atom is -0.469 e. The molecule has 3 rings (SSSR count). The van der Waals surface area contributed by atoms with Crippen LogP contribution in [0.25, 0.3) is 0 Å². The number of aryl methyl sites for hydroxylation is 1. The zero-order valence-electron chi connectivity index (χ0n) is 12.8. The van der Waals surface area contributed by atoms with Crippen molar-refractivity contribution in [2.45, 2.75) is 43.9 Å². The van der Waals surface area contributed by atoms with Gasteiger partial charge in [-0.05, 0) is 32.4 Å². The molecule has 2 fully saturated rings. The standard InChI is InChI=1S/C17H23NO3/c1-10-4-6-11(7-5-10)12-8-13-15(19)9-14(18(13)2)16(12)17(20)21-3/h4-7,12-16,19H,8-9H2,1-3H3/t12-,13-,14?,15+,16-/m0/s1. The van der Waals surface area contributed by atoms with Crippen molar-refractivity contribution in [2.24, 2.45) is 5.92 Å². The Hall–Kier alpha value is -1.39. The van der Waals surface area contributed by atoms with E-state index in [2.05, 4.69) is 36.1 Å². The first-order chi connectivity index (χ1) is 10.0. The summed E-state index contributed by atoms with van der Waals surface area (Å²) in [6, 6.07) is 8.58. The summed E-state index contributed by atoms with van der Waals surface area (Å²) in [5.41, 5.74) is 2.39. The van der Waals surface area contributed by atoms with Crippen molar-refractivity contribution < 1.29 is 14.6 Å². The lowest BCUT2D eigenvalue weighted by molar-refractivity contribution is -0.150. The number of aliphatic hydroxyl groups is 1. The van der Waals surface area contributed by atoms with Gasteiger partial charge in [-0.1, -0.05) is 29.8 Å². The fourth-order valence-electron chi connectivity index (χ4n) is 4.10. The number of aliphatic hydroxyl groups excluding tert-OH is 1. The fourth-order valence-corrected chi connectivity index (χ4v) is 4.10. The van der Waals surface area contributed by atoms with Crippen molar-refractivity contribution >= 4 is 5.97 Å². The van der Waals surface area contributed by atoms with Crippen LogP contribution in [-0.4, -0.2) is 48.3 Å². The van der Waals surface area contributed by atoms with Gasteiger partial charge in [-0.2, -0.15) is 0 Å². The molecule has 2 aliphatic heterocycles. The number of esters is 1. The molecule has 1 N–H and O–H groups in total. The Kier molecular flexibility index (Phi) is 3.76. The number of likely N-dealkylation sites (N-methyl/N-ethyl adjacent to an activating group) is 1. The van der Waals surface area contributed by atoms with Gasteiger partial charge in [-0.15, -0.1) is 0 Å². The van der Waals surface area contributed by atoms with Crippen molar-refractivity contribution in [1.82, 2.24) is 4.90 Å². The van der Waals surface area contributed by atoms with Crippen molar-refractivity contribution in [3.8, 4) is 0 Å². The largest absolute Gasteiger partial charge is 0.469 e. The molecule has 114 valence electrons. The molecule has 1 aromatic carbocycles. The lowest BCUT2D eigenvalue weighted by Crippen LogP contribution is -2.49. The summed E-state index contributed by atoms with van der Waals surface area (Å²) in [5, 5.41) is 10.3. The molecule has 2 heterocycles. The van der Waals surface area contributed by atoms with Gasteiger partial charge >= 0.3 is 5.97 Å². The Labute approximate surface area is 125 Å². The molecule has 0 amide bonds. The van der Waals surface area contributed by atoms with Gasteiger partial charge in [-0.25, -0.2) is 0 Å². The lowest BCUT2D eigenvalue weighted by Gasteiger charge is -2.41. The molecular weight excluding hydrogens is 266 g/mol. The number of hydrogen-bond acceptors (Lipinski definition) is 4. The Morgan fingerprint density at radius 3 is 2.52 bits per heavy atom. The van der Waals surface area contributed by atoms with E-state index in [0.717, 1.165) is 6.42 Å². The van der Waals surface area contributed by atoms with Crippen LogP contribution in [0.4, 0.5) is 0 Å². The highest BCUT2D eigenvalue weighted by Gasteiger charge is 2.53. The molecule has 2 saturated heterocycles. The molecular formula is C17H23NO3. The highest BCUT2D eigenvalue weighted by atomic mass is 16.5. The SMILES string of the molecule is COC(=O)[C@@H]1C2C[C@@H](O)[C@H](C[C@H]1c1ccc(C)cc1)N2C. The second kappa shape index (κ2) is 5.43. The molecule has 21 heavy (non-hydrogen) atoms. The van der Waals surface area contributed by atoms with Gasteiger partial charge in [0.15, 0.2) is 0 Å². The highest BCUT2D eigenvalue weighted by Crippen LogP contribution is 2.46. The molecule has 0 spiro atoms. The number of carbonyl (C=O) groups is 1. The Bertz CT molecular complexity index is 527. The van der Waals surface area contributed by atoms with E-state index in [4.69, 9.17) is 4.74 Å². The van der Waals surface area contributed by atoms with E-state index in [1.165, 1.54) is 18.2 Å². The predicted molar refractivity (Wildman–Crippen MR) is 80.0 cm³/mol. The molecule has 0 radical (unpaired) electrons. The second-order valence-corrected chi connectivity index (χ2v) is 6.41. The summed E-state index contributed by atoms with van der Waals surface area (Å²) < 4.78 is 5.05. The maximum Gasteiger partial charge on any atom is 0.310 e. The summed E-state index contributed by atoms with van der Waals surface area (Å²) in [6.45, 7) is 2.06. The molecule has 2 aliphatic rings. The summed E-state index contributed by atoms with van der Waals surface area (Å²) in [7, 11) is 3.46. The van der Waals surface area contributed by atoms with Gasteiger partial charge in [0.1, 0.15) is 0 Å². The third-order valence-corrected chi connectivity index (χ3v) is 5.30. The van der Waals surface area contributed by atoms with Crippen LogP contribution in [-0.2, 0) is 9.53 Å². The number of rotatable bonds is 2. The van der Waals surface area contributed by atoms with Crippen molar-refractivity contribution in [2.75, 3.05) is 14.2 Å². The number of piperidine rings is 1. The minimum absolute atomic E-state index is 0.0671. The second-order valence-electron chi connectivity index (χ2n) is 6.41. The van der Waals surface area contributed by atoms with Gasteiger partial charge < -0.3 is 9.84 Å². The summed E-state index contributed by atoms with van der Waals surface area (Å²) in [5.74, 6) is -0.234. The zero-order chi connectivity index (χ0) is 15.1. The minimum atomic E-state index is -0.345. The van der Waals surface area contributed by atoms with Crippen LogP contribution in [0.15, 0.2) is 24.3 Å². The van der Waals surface area contributed by atoms with Crippen LogP contribution in [0.1, 0.15) is 29.9 Å². The lowest BCUT2D eigenvalue weighted by atomic mass is 9.76. The van der Waals surface area contributed by atoms with E-state index < -0.39 is 0 Å². The number of nitrogens with zero attached hydrogens (tertiary/aromatic N) is 1. The predicted octanol–water partition coefficient (Wildman–Crippen LogP) is 1.71. The monoisotopic (exact) mass is 289 g/mol. The van der Waals surface area contributed by atoms with Crippen LogP contribution in [0.3, 0.4) is 0 Å². The number of hydrogen-bond donors (Lipinski definition) is 1. The van der Waals surface area contributed by atoms with E-state index in [0.29, 0.717) is 6.42 Å². The van der Waals surface area contributed by atoms with Gasteiger partial charge in [0.25, 0.3) is 0 Å². The molecule has 0 aliphatic carbocycles. The molecule has 0 saturated carbocycles. The highest BCUT2D eigenvalue weighted by molar-refractivity contribution is 5.75. The van der Waals surface area contributed by atoms with Gasteiger partial charge in [-0.3, -0.25) is 9.69 Å². The fraction of sp³-hybridized carbons (Fsp3) is 0.588. The molecule has 5 atom stereocenters. The van der Waals surface area contributed by atoms with E-state index in [9.17, 15) is 9.90 Å². The quantitative estimate of drug-likeness (QED) is 0.842. The topological polar surface area (TPSA) is 49.8 Å². The van der Waals surface area contributed by atoms with Crippen LogP contribution in [0, 0.1) is 12.8 Å². The number of ether oxygens (including phenoxy) is 1. The molecule has 4 heteroatoms. The van der Waals surface area contributed by atoms with Gasteiger partial charge in [0, 0.05) is 18.0 Å². The smallest absolute Gasteiger partial charge is 0.310 e. The van der Waals surface area contributed by atoms with Crippen molar-refractivity contribution in [1.29, 1.82) is 0 Å². The third-order valence-electron chi connectivity index (χ3n) is 5.30. The molecule has 1 unspecified atom stereocenters. The van der Waals surface area contributed by atoms with Gasteiger partial charge in [0.2, 0.25) is 0 Å². The summed E-state index contributed by atoms with van der Waals surface area (Å²) in [6.07, 6.45) is 1.11. The average molecular weight is 289 g/mol. The molecule has 4 nitrogen and oxygen atoms in total. The zero-order valence-corrected chi connectivity index (χ0v) is 12.8. The van der Waals surface area contributed by atoms with E-state index in [1.807, 2.05) is 7.05 Å². The first kappa shape index (κ1) is 14.5. The molecule has 1 aromatic rings. The Morgan fingerprint density at radius 1 is 1.24 bits per heavy atom. The number of methoxy groups -OCH3 is 1. The summed E-state index contributed by atoms with van der Waals surface area (Å²) in [4.78, 5) is 14.5. The van der Waals surface area contributed by atoms with E-state index in [1.54, 1.807) is 0 Å². The van der Waals surface area contributed by atoms with Crippen LogP contribution in [0.5, 0.6) is 0 Å². The normalized spacial score (nSPS) is 35.7. The maximum absolute atomic E-state index is 12.3. The van der Waals surface area contributed by atoms with Crippen LogP contribution in [0.2, 0.25) is 0 Å². The number of fused-ring (bicyclic) bond motifs is 2. The first-order valence-electron chi connectivity index (χ1n) is 7.57. The van der Waals surface area contributed by atoms with E-state index >= 15 is 0 Å². The van der Waals surface area contributed by atoms with E-state index in [-0.39, 0.29) is 36.0 Å². The third kappa shape index (κ3) is 2.36. The molecule has 0 aromatic heterocycles. The van der Waals surface area contributed by atoms with Crippen LogP contribution >= 0.6 is 0 Å². The van der Waals surface area contributed by atoms with Crippen LogP contribution < -0.4 is 0 Å². The molecule has 2 bridgehead atoms. The van der Waals surface area contributed by atoms with Crippen molar-refractivity contribution in [3.05, 3.63) is 35.4 Å². The van der Waals surface area contributed by atoms with Crippen molar-refractivity contribution in [3.63, 3.8) is 0 Å². The number of carbonyl (C=O) groups excluding carboxylic acids is 1.